The number of carbonyl (C=O) groups is 2. The molecule has 38 valence electrons. The second kappa shape index (κ2) is 3.18. The van der Waals surface area contributed by atoms with Gasteiger partial charge in [-0.05, 0) is 0 Å². The molecule has 0 amide bonds. The van der Waals surface area contributed by atoms with Gasteiger partial charge in [-0.25, -0.2) is 0 Å². The molecule has 3 heteroatoms. The second-order valence-corrected chi connectivity index (χ2v) is 3.18. The van der Waals surface area contributed by atoms with Gasteiger partial charge in [-0.3, -0.25) is 0 Å². The molecule has 0 aliphatic heterocycles. The molecule has 0 aromatic carbocycles. The summed E-state index contributed by atoms with van der Waals surface area (Å²) in [6.45, 7) is 1.42. The van der Waals surface area contributed by atoms with Crippen LogP contribution < -0.4 is 0 Å². The van der Waals surface area contributed by atoms with Gasteiger partial charge in [0, 0.05) is 0 Å². The third kappa shape index (κ3) is 6.14. The predicted octanol–water partition coefficient (Wildman–Crippen LogP) is -0.607. The van der Waals surface area contributed by atoms with E-state index in [4.69, 9.17) is 0 Å². The number of rotatable bonds is 2. The zero-order valence-electron chi connectivity index (χ0n) is 4.10. The first-order chi connectivity index (χ1) is 3.13. The van der Waals surface area contributed by atoms with Crippen molar-refractivity contribution >= 4 is 32.1 Å². The summed E-state index contributed by atoms with van der Waals surface area (Å²) in [5.74, 6) is -0.0300. The fraction of sp³-hybridized carbons (Fsp3) is 0.500. The van der Waals surface area contributed by atoms with Gasteiger partial charge in [0.15, 0.2) is 0 Å². The van der Waals surface area contributed by atoms with Crippen LogP contribution in [0, 0.1) is 0 Å². The average Bonchev–Trinajstić information content (AvgIpc) is 1.27. The second-order valence-electron chi connectivity index (χ2n) is 1.35. The third-order valence-electron chi connectivity index (χ3n) is 0.423. The Morgan fingerprint density at radius 1 is 1.57 bits per heavy atom. The van der Waals surface area contributed by atoms with Crippen molar-refractivity contribution in [3.05, 3.63) is 0 Å². The molecule has 0 N–H and O–H groups in total. The Hall–Kier alpha value is 0.139. The molecular weight excluding hydrogens is 199 g/mol. The van der Waals surface area contributed by atoms with E-state index in [0.717, 1.165) is 0 Å². The van der Waals surface area contributed by atoms with E-state index in [-0.39, 0.29) is 16.0 Å². The van der Waals surface area contributed by atoms with E-state index in [1.165, 1.54) is 6.92 Å². The molecule has 0 aromatic rings. The minimum atomic E-state index is -0.0300. The Balaban J connectivity index is 3.32. The summed E-state index contributed by atoms with van der Waals surface area (Å²) in [6, 6.07) is 0. The molecule has 0 saturated carbocycles. The monoisotopic (exact) mass is 206 g/mol. The third-order valence-corrected chi connectivity index (χ3v) is 1.01. The molecule has 2 radical (unpaired) electrons. The standard InChI is InChI=1S/C4H5O2.Sn.H/c1-4(6)2-3-5;;/h2H2,1H3;;. The first-order valence-electron chi connectivity index (χ1n) is 1.90. The van der Waals surface area contributed by atoms with Crippen molar-refractivity contribution in [2.24, 2.45) is 0 Å². The van der Waals surface area contributed by atoms with Crippen molar-refractivity contribution in [3.63, 3.8) is 0 Å². The van der Waals surface area contributed by atoms with Crippen molar-refractivity contribution < 1.29 is 9.59 Å². The van der Waals surface area contributed by atoms with Crippen LogP contribution in [0.1, 0.15) is 13.3 Å². The van der Waals surface area contributed by atoms with E-state index in [1.807, 2.05) is 0 Å². The fourth-order valence-electron chi connectivity index (χ4n) is 0.245. The van der Waals surface area contributed by atoms with Crippen molar-refractivity contribution in [1.29, 1.82) is 0 Å². The average molecular weight is 205 g/mol. The van der Waals surface area contributed by atoms with Crippen molar-refractivity contribution in [1.82, 2.24) is 0 Å². The van der Waals surface area contributed by atoms with Gasteiger partial charge in [0.1, 0.15) is 0 Å². The summed E-state index contributed by atoms with van der Waals surface area (Å²) in [5, 5.41) is 0. The summed E-state index contributed by atoms with van der Waals surface area (Å²) >= 11 is 0.565. The number of hydrogen-bond acceptors (Lipinski definition) is 2. The van der Waals surface area contributed by atoms with E-state index in [0.29, 0.717) is 22.5 Å². The molecule has 0 fully saturated rings. The van der Waals surface area contributed by atoms with E-state index in [9.17, 15) is 9.59 Å². The Morgan fingerprint density at radius 3 is 2.00 bits per heavy atom. The van der Waals surface area contributed by atoms with E-state index < -0.39 is 0 Å². The van der Waals surface area contributed by atoms with E-state index in [1.54, 1.807) is 0 Å². The van der Waals surface area contributed by atoms with Gasteiger partial charge in [0.05, 0.1) is 0 Å². The zero-order chi connectivity index (χ0) is 5.86. The summed E-state index contributed by atoms with van der Waals surface area (Å²) in [7, 11) is 0. The minimum absolute atomic E-state index is 0.0300. The van der Waals surface area contributed by atoms with Crippen LogP contribution in [0.4, 0.5) is 0 Å². The van der Waals surface area contributed by atoms with Crippen LogP contribution in [-0.4, -0.2) is 32.1 Å². The zero-order valence-corrected chi connectivity index (χ0v) is 7.40. The van der Waals surface area contributed by atoms with Gasteiger partial charge in [0.2, 0.25) is 0 Å². The molecule has 0 rings (SSSR count). The van der Waals surface area contributed by atoms with Crippen LogP contribution in [0.25, 0.3) is 0 Å². The summed E-state index contributed by atoms with van der Waals surface area (Å²) in [5.41, 5.74) is 0. The molecule has 0 aliphatic carbocycles. The molecule has 0 heterocycles. The number of ketones is 1. The topological polar surface area (TPSA) is 34.1 Å². The van der Waals surface area contributed by atoms with E-state index in [2.05, 4.69) is 0 Å². The quantitative estimate of drug-likeness (QED) is 0.445. The molecule has 0 saturated heterocycles. The predicted molar refractivity (Wildman–Crippen MR) is 27.5 cm³/mol. The van der Waals surface area contributed by atoms with Crippen LogP contribution in [0.15, 0.2) is 0 Å². The normalized spacial score (nSPS) is 8.29. The molecule has 0 aliphatic rings. The maximum absolute atomic E-state index is 10.1. The molecule has 2 nitrogen and oxygen atoms in total. The van der Waals surface area contributed by atoms with Gasteiger partial charge >= 0.3 is 55.0 Å². The number of hydrogen-bond donors (Lipinski definition) is 0. The molecule has 0 bridgehead atoms. The summed E-state index contributed by atoms with van der Waals surface area (Å²) in [4.78, 5) is 20.1. The Labute approximate surface area is 55.4 Å². The molecule has 0 spiro atoms. The van der Waals surface area contributed by atoms with Crippen molar-refractivity contribution in [2.75, 3.05) is 0 Å². The van der Waals surface area contributed by atoms with Gasteiger partial charge in [-0.1, -0.05) is 0 Å². The summed E-state index contributed by atoms with van der Waals surface area (Å²) in [6.07, 6.45) is 0.141. The van der Waals surface area contributed by atoms with Crippen LogP contribution in [0.3, 0.4) is 0 Å². The maximum atomic E-state index is 10.1. The molecule has 0 atom stereocenters. The SMILES string of the molecule is CC(=O)C[C](=O)[SnH]. The first-order valence-corrected chi connectivity index (χ1v) is 3.55. The Bertz CT molecular complexity index is 85.9. The van der Waals surface area contributed by atoms with Crippen LogP contribution in [0.2, 0.25) is 0 Å². The molecule has 7 heavy (non-hydrogen) atoms. The van der Waals surface area contributed by atoms with E-state index >= 15 is 0 Å². The first kappa shape index (κ1) is 7.14. The fourth-order valence-corrected chi connectivity index (χ4v) is 1.07. The van der Waals surface area contributed by atoms with Gasteiger partial charge in [-0.2, -0.15) is 0 Å². The van der Waals surface area contributed by atoms with Gasteiger partial charge < -0.3 is 0 Å². The number of Topliss-reactive ketones (excluding diaryl/α,β-unsaturated/α-hetero) is 1. The Kier molecular flexibility index (Phi) is 3.24. The molecule has 0 unspecified atom stereocenters. The van der Waals surface area contributed by atoms with Gasteiger partial charge in [-0.15, -0.1) is 0 Å². The van der Waals surface area contributed by atoms with Gasteiger partial charge in [0.25, 0.3) is 0 Å². The van der Waals surface area contributed by atoms with Crippen molar-refractivity contribution in [2.45, 2.75) is 13.3 Å². The summed E-state index contributed by atoms with van der Waals surface area (Å²) < 4.78 is 0.0675. The Morgan fingerprint density at radius 2 is 2.00 bits per heavy atom. The molecule has 0 aromatic heterocycles. The van der Waals surface area contributed by atoms with Crippen LogP contribution in [0.5, 0.6) is 0 Å². The number of carbonyl (C=O) groups excluding carboxylic acids is 2. The van der Waals surface area contributed by atoms with Crippen LogP contribution >= 0.6 is 0 Å². The van der Waals surface area contributed by atoms with Crippen molar-refractivity contribution in [3.8, 4) is 0 Å². The molecular formula is C4H6O2Sn. The van der Waals surface area contributed by atoms with Crippen LogP contribution in [-0.2, 0) is 9.59 Å².